The van der Waals surface area contributed by atoms with Gasteiger partial charge in [0, 0.05) is 0 Å². The Morgan fingerprint density at radius 1 is 1.00 bits per heavy atom. The van der Waals surface area contributed by atoms with Gasteiger partial charge in [-0.3, -0.25) is 4.79 Å². The molecule has 6 heteroatoms. The zero-order valence-electron chi connectivity index (χ0n) is 14.5. The first-order valence-electron chi connectivity index (χ1n) is 8.48. The number of carboxylic acids is 1. The van der Waals surface area contributed by atoms with Crippen molar-refractivity contribution in [3.8, 4) is 0 Å². The van der Waals surface area contributed by atoms with Crippen LogP contribution in [-0.2, 0) is 9.59 Å². The summed E-state index contributed by atoms with van der Waals surface area (Å²) in [6, 6.07) is -1.16. The van der Waals surface area contributed by atoms with Gasteiger partial charge in [-0.25, -0.2) is 0 Å². The van der Waals surface area contributed by atoms with Crippen molar-refractivity contribution in [1.82, 2.24) is 0 Å². The molecule has 0 fully saturated rings. The van der Waals surface area contributed by atoms with Gasteiger partial charge >= 0.3 is 113 Å². The van der Waals surface area contributed by atoms with E-state index < -0.39 is 18.1 Å². The van der Waals surface area contributed by atoms with Crippen molar-refractivity contribution in [2.45, 2.75) is 90.2 Å². The van der Waals surface area contributed by atoms with E-state index in [0.717, 1.165) is 40.8 Å². The fraction of sp³-hybridized carbons (Fsp3) is 0.875. The molecule has 0 radical (unpaired) electrons. The van der Waals surface area contributed by atoms with E-state index in [2.05, 4.69) is 6.92 Å². The number of aliphatic carboxylic acids is 1. The minimum atomic E-state index is -1.18. The van der Waals surface area contributed by atoms with Gasteiger partial charge in [-0.2, -0.15) is 0 Å². The Bertz CT molecular complexity index is 285. The van der Waals surface area contributed by atoms with Crippen LogP contribution in [0.15, 0.2) is 0 Å². The first-order valence-corrected chi connectivity index (χ1v) is 9.48. The molecule has 126 valence electrons. The van der Waals surface area contributed by atoms with Gasteiger partial charge in [-0.15, -0.1) is 0 Å². The first kappa shape index (κ1) is 24.3. The van der Waals surface area contributed by atoms with Crippen LogP contribution in [0.25, 0.3) is 0 Å². The zero-order chi connectivity index (χ0) is 17.4. The van der Waals surface area contributed by atoms with Crippen LogP contribution in [0.2, 0.25) is 0 Å². The summed E-state index contributed by atoms with van der Waals surface area (Å²) in [6.07, 6.45) is 11.9. The SMILES string of the molecule is CC(O)C(N)C(=O)O.CCCCCCCCCCC[C](=O)[Na]. The molecule has 0 aliphatic rings. The molecule has 2 unspecified atom stereocenters. The van der Waals surface area contributed by atoms with E-state index in [-0.39, 0.29) is 0 Å². The van der Waals surface area contributed by atoms with Crippen LogP contribution in [0.1, 0.15) is 78.1 Å². The molecule has 0 saturated heterocycles. The van der Waals surface area contributed by atoms with Crippen LogP contribution >= 0.6 is 0 Å². The Morgan fingerprint density at radius 3 is 1.68 bits per heavy atom. The number of hydrogen-bond acceptors (Lipinski definition) is 4. The molecule has 0 aliphatic carbocycles. The number of aliphatic hydroxyl groups is 1. The first-order chi connectivity index (χ1) is 10.3. The molecule has 0 saturated carbocycles. The minimum absolute atomic E-state index is 0.480. The van der Waals surface area contributed by atoms with E-state index in [9.17, 15) is 9.59 Å². The Hall–Kier alpha value is 0.0600. The molecular weight excluding hydrogens is 293 g/mol. The molecule has 0 aromatic rings. The Labute approximate surface area is 152 Å². The predicted octanol–water partition coefficient (Wildman–Crippen LogP) is 2.38. The van der Waals surface area contributed by atoms with Crippen LogP contribution in [0, 0.1) is 0 Å². The molecule has 4 N–H and O–H groups in total. The van der Waals surface area contributed by atoms with Crippen LogP contribution in [0.5, 0.6) is 0 Å². The van der Waals surface area contributed by atoms with E-state index in [1.165, 1.54) is 58.3 Å². The standard InChI is InChI=1S/C12H23O.C4H9NO3.Na/c1-2-3-4-5-6-7-8-9-10-11-12-13;1-2(6)3(5)4(7)8;/h2-11H2,1H3;2-3,6H,5H2,1H3,(H,7,8);. The third kappa shape index (κ3) is 20.1. The molecule has 0 aromatic heterocycles. The number of carbonyl (C=O) groups excluding carboxylic acids is 1. The summed E-state index contributed by atoms with van der Waals surface area (Å²) in [4.78, 5) is 20.6. The summed E-state index contributed by atoms with van der Waals surface area (Å²) in [7, 11) is 0. The van der Waals surface area contributed by atoms with Gasteiger partial charge in [0.15, 0.2) is 0 Å². The van der Waals surface area contributed by atoms with Crippen LogP contribution in [-0.4, -0.2) is 59.3 Å². The van der Waals surface area contributed by atoms with Gasteiger partial charge < -0.3 is 15.9 Å². The topological polar surface area (TPSA) is 101 Å². The van der Waals surface area contributed by atoms with Gasteiger partial charge in [-0.05, 0) is 6.92 Å². The average Bonchev–Trinajstić information content (AvgIpc) is 2.44. The Kier molecular flexibility index (Phi) is 19.2. The predicted molar refractivity (Wildman–Crippen MR) is 89.9 cm³/mol. The number of nitrogens with two attached hydrogens (primary N) is 1. The number of aliphatic hydroxyl groups excluding tert-OH is 1. The van der Waals surface area contributed by atoms with Gasteiger partial charge in [0.1, 0.15) is 6.04 Å². The number of hydrogen-bond donors (Lipinski definition) is 3. The fourth-order valence-electron chi connectivity index (χ4n) is 1.89. The van der Waals surface area contributed by atoms with Crippen LogP contribution < -0.4 is 5.73 Å². The molecule has 0 aliphatic heterocycles. The van der Waals surface area contributed by atoms with Gasteiger partial charge in [0.2, 0.25) is 0 Å². The van der Waals surface area contributed by atoms with Gasteiger partial charge in [-0.1, -0.05) is 0 Å². The Balaban J connectivity index is 0. The third-order valence-electron chi connectivity index (χ3n) is 3.44. The van der Waals surface area contributed by atoms with Gasteiger partial charge in [0.25, 0.3) is 0 Å². The van der Waals surface area contributed by atoms with E-state index in [1.807, 2.05) is 0 Å². The van der Waals surface area contributed by atoms with Crippen molar-refractivity contribution >= 4 is 36.9 Å². The normalized spacial score (nSPS) is 13.0. The summed E-state index contributed by atoms with van der Waals surface area (Å²) in [5, 5.41) is 16.6. The maximum atomic E-state index is 10.7. The van der Waals surface area contributed by atoms with Crippen molar-refractivity contribution in [3.63, 3.8) is 0 Å². The second kappa shape index (κ2) is 17.4. The second-order valence-electron chi connectivity index (χ2n) is 5.89. The van der Waals surface area contributed by atoms with E-state index in [4.69, 9.17) is 15.9 Å². The second-order valence-corrected chi connectivity index (χ2v) is 7.00. The molecule has 5 nitrogen and oxygen atoms in total. The van der Waals surface area contributed by atoms with Crippen molar-refractivity contribution in [1.29, 1.82) is 0 Å². The summed E-state index contributed by atoms with van der Waals surface area (Å²) in [5.74, 6) is -1.18. The molecule has 0 rings (SSSR count). The molecular formula is C16H32NNaO4. The summed E-state index contributed by atoms with van der Waals surface area (Å²) in [6.45, 7) is 3.59. The summed E-state index contributed by atoms with van der Waals surface area (Å²) >= 11 is 0.751. The number of carboxylic acid groups (broad SMARTS) is 1. The Morgan fingerprint density at radius 2 is 1.41 bits per heavy atom. The summed E-state index contributed by atoms with van der Waals surface area (Å²) in [5.41, 5.74) is 4.91. The maximum absolute atomic E-state index is 10.7. The van der Waals surface area contributed by atoms with E-state index in [1.54, 1.807) is 0 Å². The molecule has 0 aromatic carbocycles. The number of unbranched alkanes of at least 4 members (excludes halogenated alkanes) is 8. The van der Waals surface area contributed by atoms with Crippen LogP contribution in [0.3, 0.4) is 0 Å². The molecule has 0 spiro atoms. The monoisotopic (exact) mass is 325 g/mol. The van der Waals surface area contributed by atoms with Crippen molar-refractivity contribution in [2.24, 2.45) is 5.73 Å². The molecule has 22 heavy (non-hydrogen) atoms. The van der Waals surface area contributed by atoms with Crippen molar-refractivity contribution in [2.75, 3.05) is 0 Å². The van der Waals surface area contributed by atoms with Crippen molar-refractivity contribution < 1.29 is 19.8 Å². The molecule has 0 heterocycles. The quantitative estimate of drug-likeness (QED) is 0.378. The number of rotatable bonds is 12. The molecule has 0 bridgehead atoms. The third-order valence-corrected chi connectivity index (χ3v) is 3.94. The molecule has 2 atom stereocenters. The number of carbonyl (C=O) groups is 2. The van der Waals surface area contributed by atoms with Gasteiger partial charge in [0.05, 0.1) is 6.10 Å². The van der Waals surface area contributed by atoms with E-state index >= 15 is 0 Å². The average molecular weight is 325 g/mol. The fourth-order valence-corrected chi connectivity index (χ4v) is 2.24. The molecule has 0 amide bonds. The van der Waals surface area contributed by atoms with E-state index in [0.29, 0.717) is 3.03 Å². The summed E-state index contributed by atoms with van der Waals surface area (Å²) < 4.78 is 0.480. The zero-order valence-corrected chi connectivity index (χ0v) is 16.5. The van der Waals surface area contributed by atoms with Crippen LogP contribution in [0.4, 0.5) is 0 Å². The van der Waals surface area contributed by atoms with Crippen molar-refractivity contribution in [3.05, 3.63) is 0 Å².